The average molecular weight is 436 g/mol. The zero-order chi connectivity index (χ0) is 22.8. The molecule has 0 fully saturated rings. The SMILES string of the molecule is Cn1cc(-c2ccc(C(=O)O)c(CCC(=O)c3c(F)cc(-c4cn[nH]c4)cc3F)c2)cn1. The van der Waals surface area contributed by atoms with Gasteiger partial charge in [-0.3, -0.25) is 14.6 Å². The minimum absolute atomic E-state index is 0.0108. The first kappa shape index (κ1) is 21.1. The Hall–Kier alpha value is -4.14. The van der Waals surface area contributed by atoms with E-state index in [1.54, 1.807) is 36.3 Å². The molecular formula is C23H18F2N4O3. The number of hydrogen-bond acceptors (Lipinski definition) is 4. The Balaban J connectivity index is 1.59. The summed E-state index contributed by atoms with van der Waals surface area (Å²) in [6, 6.07) is 6.91. The Labute approximate surface area is 181 Å². The normalized spacial score (nSPS) is 11.0. The number of carbonyl (C=O) groups excluding carboxylic acids is 1. The van der Waals surface area contributed by atoms with Gasteiger partial charge in [0, 0.05) is 37.0 Å². The molecule has 9 heteroatoms. The number of carboxylic acids is 1. The van der Waals surface area contributed by atoms with Gasteiger partial charge in [-0.2, -0.15) is 10.2 Å². The molecule has 4 rings (SSSR count). The number of benzene rings is 2. The van der Waals surface area contributed by atoms with Crippen molar-refractivity contribution in [2.75, 3.05) is 0 Å². The Morgan fingerprint density at radius 3 is 2.38 bits per heavy atom. The van der Waals surface area contributed by atoms with E-state index in [0.29, 0.717) is 11.1 Å². The van der Waals surface area contributed by atoms with Crippen LogP contribution < -0.4 is 0 Å². The second-order valence-corrected chi connectivity index (χ2v) is 7.30. The minimum Gasteiger partial charge on any atom is -0.478 e. The third kappa shape index (κ3) is 4.18. The van der Waals surface area contributed by atoms with Crippen molar-refractivity contribution in [3.05, 3.63) is 83.4 Å². The summed E-state index contributed by atoms with van der Waals surface area (Å²) in [7, 11) is 1.76. The van der Waals surface area contributed by atoms with Crippen molar-refractivity contribution >= 4 is 11.8 Å². The van der Waals surface area contributed by atoms with Gasteiger partial charge in [-0.25, -0.2) is 13.6 Å². The standard InChI is InChI=1S/C23H18F2N4O3/c1-29-12-17(11-28-29)13-2-4-18(23(31)32)14(6-13)3-5-21(30)22-19(24)7-15(8-20(22)25)16-9-26-27-10-16/h2,4,6-12H,3,5H2,1H3,(H,26,27)(H,31,32). The molecule has 7 nitrogen and oxygen atoms in total. The topological polar surface area (TPSA) is 101 Å². The lowest BCUT2D eigenvalue weighted by molar-refractivity contribution is 0.0694. The molecule has 32 heavy (non-hydrogen) atoms. The van der Waals surface area contributed by atoms with E-state index in [0.717, 1.165) is 23.3 Å². The molecule has 0 aliphatic rings. The predicted octanol–water partition coefficient (Wildman–Crippen LogP) is 4.27. The summed E-state index contributed by atoms with van der Waals surface area (Å²) in [5.74, 6) is -3.85. The number of aromatic nitrogens is 4. The predicted molar refractivity (Wildman–Crippen MR) is 112 cm³/mol. The molecule has 0 saturated heterocycles. The molecule has 2 N–H and O–H groups in total. The van der Waals surface area contributed by atoms with Crippen LogP contribution in [0.3, 0.4) is 0 Å². The van der Waals surface area contributed by atoms with Crippen LogP contribution in [0.1, 0.15) is 32.7 Å². The van der Waals surface area contributed by atoms with Gasteiger partial charge in [0.05, 0.1) is 23.5 Å². The zero-order valence-corrected chi connectivity index (χ0v) is 17.0. The Morgan fingerprint density at radius 2 is 1.78 bits per heavy atom. The molecule has 0 unspecified atom stereocenters. The number of nitrogens with zero attached hydrogens (tertiary/aromatic N) is 3. The summed E-state index contributed by atoms with van der Waals surface area (Å²) < 4.78 is 30.8. The number of H-pyrrole nitrogens is 1. The number of carbonyl (C=O) groups is 2. The summed E-state index contributed by atoms with van der Waals surface area (Å²) in [6.07, 6.45) is 6.07. The maximum Gasteiger partial charge on any atom is 0.335 e. The average Bonchev–Trinajstić information content (AvgIpc) is 3.43. The highest BCUT2D eigenvalue weighted by atomic mass is 19.1. The molecule has 0 aliphatic carbocycles. The van der Waals surface area contributed by atoms with Gasteiger partial charge in [-0.05, 0) is 41.3 Å². The number of aromatic carboxylic acids is 1. The molecule has 0 radical (unpaired) electrons. The van der Waals surface area contributed by atoms with E-state index < -0.39 is 29.0 Å². The van der Waals surface area contributed by atoms with Crippen molar-refractivity contribution in [3.63, 3.8) is 0 Å². The Morgan fingerprint density at radius 1 is 1.03 bits per heavy atom. The molecule has 4 aromatic rings. The van der Waals surface area contributed by atoms with E-state index in [2.05, 4.69) is 15.3 Å². The first-order chi connectivity index (χ1) is 15.3. The van der Waals surface area contributed by atoms with Crippen LogP contribution in [-0.2, 0) is 13.5 Å². The highest BCUT2D eigenvalue weighted by Crippen LogP contribution is 2.27. The monoisotopic (exact) mass is 436 g/mol. The van der Waals surface area contributed by atoms with Crippen molar-refractivity contribution in [2.45, 2.75) is 12.8 Å². The molecule has 2 heterocycles. The number of ketones is 1. The number of hydrogen-bond donors (Lipinski definition) is 2. The highest BCUT2D eigenvalue weighted by molar-refractivity contribution is 5.97. The number of aromatic amines is 1. The van der Waals surface area contributed by atoms with Crippen LogP contribution in [0.15, 0.2) is 55.1 Å². The van der Waals surface area contributed by atoms with Crippen LogP contribution in [0, 0.1) is 11.6 Å². The molecule has 0 amide bonds. The van der Waals surface area contributed by atoms with Crippen LogP contribution in [-0.4, -0.2) is 36.8 Å². The molecule has 0 aliphatic heterocycles. The molecule has 162 valence electrons. The smallest absolute Gasteiger partial charge is 0.335 e. The third-order valence-corrected chi connectivity index (χ3v) is 5.15. The number of aryl methyl sites for hydroxylation is 2. The van der Waals surface area contributed by atoms with Crippen molar-refractivity contribution in [2.24, 2.45) is 7.05 Å². The Kier molecular flexibility index (Phi) is 5.63. The van der Waals surface area contributed by atoms with E-state index in [4.69, 9.17) is 0 Å². The molecule has 0 bridgehead atoms. The van der Waals surface area contributed by atoms with Gasteiger partial charge in [0.25, 0.3) is 0 Å². The second kappa shape index (κ2) is 8.54. The summed E-state index contributed by atoms with van der Waals surface area (Å²) in [6.45, 7) is 0. The minimum atomic E-state index is -1.15. The van der Waals surface area contributed by atoms with Crippen LogP contribution >= 0.6 is 0 Å². The highest BCUT2D eigenvalue weighted by Gasteiger charge is 2.21. The number of rotatable bonds is 7. The largest absolute Gasteiger partial charge is 0.478 e. The quantitative estimate of drug-likeness (QED) is 0.422. The van der Waals surface area contributed by atoms with E-state index in [1.807, 2.05) is 0 Å². The van der Waals surface area contributed by atoms with Crippen LogP contribution in [0.2, 0.25) is 0 Å². The first-order valence-corrected chi connectivity index (χ1v) is 9.70. The van der Waals surface area contributed by atoms with E-state index in [-0.39, 0.29) is 24.0 Å². The summed E-state index contributed by atoms with van der Waals surface area (Å²) >= 11 is 0. The van der Waals surface area contributed by atoms with Gasteiger partial charge in [0.1, 0.15) is 11.6 Å². The van der Waals surface area contributed by atoms with Gasteiger partial charge in [-0.15, -0.1) is 0 Å². The van der Waals surface area contributed by atoms with Crippen molar-refractivity contribution in [1.82, 2.24) is 20.0 Å². The first-order valence-electron chi connectivity index (χ1n) is 9.70. The van der Waals surface area contributed by atoms with Crippen molar-refractivity contribution < 1.29 is 23.5 Å². The molecule has 2 aromatic carbocycles. The maximum absolute atomic E-state index is 14.6. The lowest BCUT2D eigenvalue weighted by atomic mass is 9.95. The lowest BCUT2D eigenvalue weighted by Gasteiger charge is -2.10. The van der Waals surface area contributed by atoms with Gasteiger partial charge in [0.2, 0.25) is 0 Å². The second-order valence-electron chi connectivity index (χ2n) is 7.30. The summed E-state index contributed by atoms with van der Waals surface area (Å²) in [5, 5.41) is 19.9. The van der Waals surface area contributed by atoms with Gasteiger partial charge in [-0.1, -0.05) is 12.1 Å². The van der Waals surface area contributed by atoms with Gasteiger partial charge >= 0.3 is 5.97 Å². The number of halogens is 2. The van der Waals surface area contributed by atoms with E-state index >= 15 is 0 Å². The summed E-state index contributed by atoms with van der Waals surface area (Å²) in [4.78, 5) is 24.3. The van der Waals surface area contributed by atoms with Crippen molar-refractivity contribution in [1.29, 1.82) is 0 Å². The van der Waals surface area contributed by atoms with E-state index in [9.17, 15) is 23.5 Å². The molecule has 2 aromatic heterocycles. The molecule has 0 atom stereocenters. The third-order valence-electron chi connectivity index (χ3n) is 5.15. The molecule has 0 spiro atoms. The van der Waals surface area contributed by atoms with E-state index in [1.165, 1.54) is 18.5 Å². The fourth-order valence-electron chi connectivity index (χ4n) is 3.55. The zero-order valence-electron chi connectivity index (χ0n) is 17.0. The van der Waals surface area contributed by atoms with Crippen molar-refractivity contribution in [3.8, 4) is 22.3 Å². The molecule has 0 saturated carbocycles. The van der Waals surface area contributed by atoms with Gasteiger partial charge < -0.3 is 5.11 Å². The van der Waals surface area contributed by atoms with Crippen LogP contribution in [0.4, 0.5) is 8.78 Å². The number of Topliss-reactive ketones (excluding diaryl/α,β-unsaturated/α-hetero) is 1. The fourth-order valence-corrected chi connectivity index (χ4v) is 3.55. The van der Waals surface area contributed by atoms with Gasteiger partial charge in [0.15, 0.2) is 5.78 Å². The van der Waals surface area contributed by atoms with Crippen LogP contribution in [0.25, 0.3) is 22.3 Å². The number of carboxylic acid groups (broad SMARTS) is 1. The Bertz CT molecular complexity index is 1290. The molecular weight excluding hydrogens is 418 g/mol. The fraction of sp³-hybridized carbons (Fsp3) is 0.130. The maximum atomic E-state index is 14.6. The number of nitrogens with one attached hydrogen (secondary N) is 1. The lowest BCUT2D eigenvalue weighted by Crippen LogP contribution is -2.10. The summed E-state index contributed by atoms with van der Waals surface area (Å²) in [5.41, 5.74) is 2.03. The van der Waals surface area contributed by atoms with Crippen LogP contribution in [0.5, 0.6) is 0 Å².